The van der Waals surface area contributed by atoms with Gasteiger partial charge in [0.2, 0.25) is 0 Å². The van der Waals surface area contributed by atoms with E-state index in [1.165, 1.54) is 12.1 Å². The van der Waals surface area contributed by atoms with Crippen molar-refractivity contribution >= 4 is 29.0 Å². The van der Waals surface area contributed by atoms with E-state index in [1.807, 2.05) is 27.1 Å². The van der Waals surface area contributed by atoms with Crippen LogP contribution in [0.5, 0.6) is 0 Å². The Balaban J connectivity index is 2.23. The van der Waals surface area contributed by atoms with Gasteiger partial charge in [0.15, 0.2) is 0 Å². The lowest BCUT2D eigenvalue weighted by Gasteiger charge is -2.05. The second-order valence-electron chi connectivity index (χ2n) is 4.61. The molecule has 1 aromatic carbocycles. The molecule has 21 heavy (non-hydrogen) atoms. The Morgan fingerprint density at radius 2 is 2.14 bits per heavy atom. The fraction of sp³-hybridized carbons (Fsp3) is 0.214. The molecule has 2 aromatic rings. The normalized spacial score (nSPS) is 11.5. The van der Waals surface area contributed by atoms with Gasteiger partial charge in [-0.3, -0.25) is 10.1 Å². The van der Waals surface area contributed by atoms with E-state index >= 15 is 0 Å². The molecule has 6 nitrogen and oxygen atoms in total. The van der Waals surface area contributed by atoms with Gasteiger partial charge in [-0.1, -0.05) is 11.6 Å². The minimum Gasteiger partial charge on any atom is -0.478 e. The lowest BCUT2D eigenvalue weighted by molar-refractivity contribution is 0.0697. The van der Waals surface area contributed by atoms with Crippen molar-refractivity contribution in [2.24, 2.45) is 12.1 Å². The van der Waals surface area contributed by atoms with Gasteiger partial charge >= 0.3 is 5.97 Å². The third kappa shape index (κ3) is 3.41. The molecule has 0 bridgehead atoms. The van der Waals surface area contributed by atoms with Gasteiger partial charge in [-0.15, -0.1) is 0 Å². The fourth-order valence-electron chi connectivity index (χ4n) is 1.92. The number of aromatic nitrogens is 2. The van der Waals surface area contributed by atoms with Gasteiger partial charge in [-0.2, -0.15) is 10.2 Å². The van der Waals surface area contributed by atoms with Crippen molar-refractivity contribution in [1.82, 2.24) is 9.78 Å². The van der Waals surface area contributed by atoms with Crippen LogP contribution in [0.25, 0.3) is 0 Å². The van der Waals surface area contributed by atoms with Gasteiger partial charge in [0.25, 0.3) is 0 Å². The summed E-state index contributed by atoms with van der Waals surface area (Å²) in [5.74, 6) is -1.08. The van der Waals surface area contributed by atoms with E-state index in [-0.39, 0.29) is 10.6 Å². The number of aryl methyl sites for hydroxylation is 2. The molecule has 0 aliphatic carbocycles. The first-order valence-corrected chi connectivity index (χ1v) is 6.60. The summed E-state index contributed by atoms with van der Waals surface area (Å²) in [6.07, 6.45) is 1.88. The third-order valence-electron chi connectivity index (χ3n) is 2.95. The molecule has 0 saturated heterocycles. The van der Waals surface area contributed by atoms with Gasteiger partial charge in [-0.25, -0.2) is 4.79 Å². The summed E-state index contributed by atoms with van der Waals surface area (Å²) >= 11 is 5.82. The van der Waals surface area contributed by atoms with Gasteiger partial charge in [0.05, 0.1) is 27.7 Å². The number of anilines is 1. The van der Waals surface area contributed by atoms with Crippen LogP contribution >= 0.6 is 11.6 Å². The monoisotopic (exact) mass is 306 g/mol. The molecule has 0 amide bonds. The van der Waals surface area contributed by atoms with Gasteiger partial charge in [-0.05, 0) is 32.0 Å². The molecule has 0 spiro atoms. The summed E-state index contributed by atoms with van der Waals surface area (Å²) in [4.78, 5) is 11.0. The molecule has 0 unspecified atom stereocenters. The van der Waals surface area contributed by atoms with E-state index in [9.17, 15) is 4.79 Å². The molecular weight excluding hydrogens is 292 g/mol. The Hall–Kier alpha value is -2.34. The largest absolute Gasteiger partial charge is 0.478 e. The van der Waals surface area contributed by atoms with Crippen LogP contribution in [0.2, 0.25) is 5.02 Å². The average Bonchev–Trinajstić information content (AvgIpc) is 2.76. The van der Waals surface area contributed by atoms with E-state index < -0.39 is 5.97 Å². The minimum atomic E-state index is -1.08. The molecule has 0 atom stereocenters. The van der Waals surface area contributed by atoms with Crippen LogP contribution in [-0.2, 0) is 7.05 Å². The van der Waals surface area contributed by atoms with Crippen molar-refractivity contribution in [3.63, 3.8) is 0 Å². The highest BCUT2D eigenvalue weighted by Crippen LogP contribution is 2.20. The molecule has 0 saturated carbocycles. The highest BCUT2D eigenvalue weighted by molar-refractivity contribution is 6.33. The first-order valence-electron chi connectivity index (χ1n) is 6.22. The Morgan fingerprint density at radius 3 is 2.71 bits per heavy atom. The molecule has 2 N–H and O–H groups in total. The van der Waals surface area contributed by atoms with Crippen molar-refractivity contribution in [1.29, 1.82) is 0 Å². The van der Waals surface area contributed by atoms with Crippen molar-refractivity contribution in [2.75, 3.05) is 5.43 Å². The van der Waals surface area contributed by atoms with E-state index in [2.05, 4.69) is 15.6 Å². The number of benzene rings is 1. The lowest BCUT2D eigenvalue weighted by Crippen LogP contribution is -2.02. The van der Waals surface area contributed by atoms with Crippen molar-refractivity contribution in [3.05, 3.63) is 46.2 Å². The Labute approximate surface area is 127 Å². The Morgan fingerprint density at radius 1 is 1.43 bits per heavy atom. The molecule has 0 radical (unpaired) electrons. The summed E-state index contributed by atoms with van der Waals surface area (Å²) in [6.45, 7) is 3.75. The van der Waals surface area contributed by atoms with Crippen LogP contribution in [0.1, 0.15) is 28.5 Å². The van der Waals surface area contributed by atoms with Crippen molar-refractivity contribution in [3.8, 4) is 0 Å². The van der Waals surface area contributed by atoms with Gasteiger partial charge < -0.3 is 5.11 Å². The fourth-order valence-corrected chi connectivity index (χ4v) is 2.12. The predicted octanol–water partition coefficient (Wildman–Crippen LogP) is 2.92. The lowest BCUT2D eigenvalue weighted by atomic mass is 10.2. The summed E-state index contributed by atoms with van der Waals surface area (Å²) in [5, 5.41) is 17.7. The number of aromatic carboxylic acids is 1. The van der Waals surface area contributed by atoms with E-state index in [1.54, 1.807) is 10.7 Å². The first-order chi connectivity index (χ1) is 9.88. The van der Waals surface area contributed by atoms with Crippen LogP contribution in [0.4, 0.5) is 5.69 Å². The standard InChI is InChI=1S/C14H15ClN4O2/c1-8(12-7-19(3)18-9(12)2)16-17-10-4-5-13(15)11(6-10)14(20)21/h4-7,17H,1-3H3,(H,20,21)/b16-8+. The van der Waals surface area contributed by atoms with Crippen LogP contribution < -0.4 is 5.43 Å². The number of carbonyl (C=O) groups is 1. The van der Waals surface area contributed by atoms with Crippen molar-refractivity contribution in [2.45, 2.75) is 13.8 Å². The topological polar surface area (TPSA) is 79.5 Å². The zero-order valence-corrected chi connectivity index (χ0v) is 12.6. The van der Waals surface area contributed by atoms with E-state index in [0.717, 1.165) is 17.0 Å². The number of hydrogen-bond acceptors (Lipinski definition) is 4. The molecule has 1 heterocycles. The maximum absolute atomic E-state index is 11.0. The smallest absolute Gasteiger partial charge is 0.337 e. The summed E-state index contributed by atoms with van der Waals surface area (Å²) in [7, 11) is 1.84. The minimum absolute atomic E-state index is 0.0343. The van der Waals surface area contributed by atoms with E-state index in [4.69, 9.17) is 16.7 Å². The van der Waals surface area contributed by atoms with Crippen LogP contribution in [-0.4, -0.2) is 26.6 Å². The first kappa shape index (κ1) is 15.1. The second-order valence-corrected chi connectivity index (χ2v) is 5.02. The second kappa shape index (κ2) is 5.97. The number of carboxylic acids is 1. The Bertz CT molecular complexity index is 722. The van der Waals surface area contributed by atoms with Crippen LogP contribution in [0.3, 0.4) is 0 Å². The summed E-state index contributed by atoms with van der Waals surface area (Å²) < 4.78 is 1.72. The molecule has 7 heteroatoms. The average molecular weight is 307 g/mol. The zero-order valence-electron chi connectivity index (χ0n) is 11.9. The molecule has 110 valence electrons. The number of nitrogens with zero attached hydrogens (tertiary/aromatic N) is 3. The zero-order chi connectivity index (χ0) is 15.6. The number of hydrazone groups is 1. The summed E-state index contributed by atoms with van der Waals surface area (Å²) in [5.41, 5.74) is 5.98. The maximum Gasteiger partial charge on any atom is 0.337 e. The summed E-state index contributed by atoms with van der Waals surface area (Å²) in [6, 6.07) is 4.63. The molecule has 1 aromatic heterocycles. The SMILES string of the molecule is C/C(=N\Nc1ccc(Cl)c(C(=O)O)c1)c1cn(C)nc1C. The molecular formula is C14H15ClN4O2. The third-order valence-corrected chi connectivity index (χ3v) is 3.28. The quantitative estimate of drug-likeness (QED) is 0.672. The molecule has 2 rings (SSSR count). The number of hydrogen-bond donors (Lipinski definition) is 2. The van der Waals surface area contributed by atoms with Crippen molar-refractivity contribution < 1.29 is 9.90 Å². The molecule has 0 fully saturated rings. The van der Waals surface area contributed by atoms with Crippen LogP contribution in [0, 0.1) is 6.92 Å². The number of nitrogens with one attached hydrogen (secondary N) is 1. The van der Waals surface area contributed by atoms with E-state index in [0.29, 0.717) is 5.69 Å². The van der Waals surface area contributed by atoms with Crippen LogP contribution in [0.15, 0.2) is 29.5 Å². The highest BCUT2D eigenvalue weighted by Gasteiger charge is 2.10. The van der Waals surface area contributed by atoms with Gasteiger partial charge in [0.1, 0.15) is 0 Å². The van der Waals surface area contributed by atoms with Gasteiger partial charge in [0, 0.05) is 18.8 Å². The molecule has 0 aliphatic heterocycles. The molecule has 0 aliphatic rings. The number of carboxylic acid groups (broad SMARTS) is 1. The number of halogens is 1. The number of rotatable bonds is 4. The Kier molecular flexibility index (Phi) is 4.28. The maximum atomic E-state index is 11.0. The predicted molar refractivity (Wildman–Crippen MR) is 82.2 cm³/mol. The highest BCUT2D eigenvalue weighted by atomic mass is 35.5.